The van der Waals surface area contributed by atoms with Gasteiger partial charge in [0, 0.05) is 0 Å². The van der Waals surface area contributed by atoms with Crippen LogP contribution in [-0.2, 0) is 4.79 Å². The normalized spacial score (nSPS) is 10.7. The smallest absolute Gasteiger partial charge is 0.266 e. The molecule has 0 saturated heterocycles. The highest BCUT2D eigenvalue weighted by molar-refractivity contribution is 6.09. The van der Waals surface area contributed by atoms with Gasteiger partial charge in [0.05, 0.1) is 19.9 Å². The molecule has 25 heavy (non-hydrogen) atoms. The van der Waals surface area contributed by atoms with E-state index < -0.39 is 11.7 Å². The van der Waals surface area contributed by atoms with Crippen LogP contribution in [0.3, 0.4) is 0 Å². The van der Waals surface area contributed by atoms with Crippen LogP contribution >= 0.6 is 0 Å². The Labute approximate surface area is 143 Å². The fourth-order valence-electron chi connectivity index (χ4n) is 2.06. The van der Waals surface area contributed by atoms with Crippen LogP contribution in [0, 0.1) is 17.1 Å². The van der Waals surface area contributed by atoms with E-state index in [1.54, 1.807) is 12.1 Å². The molecule has 0 aromatic heterocycles. The van der Waals surface area contributed by atoms with Gasteiger partial charge < -0.3 is 19.9 Å². The molecule has 2 rings (SSSR count). The lowest BCUT2D eigenvalue weighted by Gasteiger charge is -2.10. The maximum atomic E-state index is 13.6. The van der Waals surface area contributed by atoms with E-state index in [1.807, 2.05) is 0 Å². The number of aromatic hydroxyl groups is 1. The minimum Gasteiger partial charge on any atom is -0.502 e. The lowest BCUT2D eigenvalue weighted by Crippen LogP contribution is -2.14. The van der Waals surface area contributed by atoms with Crippen LogP contribution in [0.25, 0.3) is 6.08 Å². The highest BCUT2D eigenvalue weighted by Crippen LogP contribution is 2.37. The number of rotatable bonds is 5. The van der Waals surface area contributed by atoms with Gasteiger partial charge in [0.15, 0.2) is 11.5 Å². The van der Waals surface area contributed by atoms with E-state index in [9.17, 15) is 19.6 Å². The van der Waals surface area contributed by atoms with Crippen LogP contribution in [-0.4, -0.2) is 25.2 Å². The molecule has 1 amide bonds. The number of carbonyl (C=O) groups excluding carboxylic acids is 1. The van der Waals surface area contributed by atoms with Crippen LogP contribution in [0.2, 0.25) is 0 Å². The summed E-state index contributed by atoms with van der Waals surface area (Å²) in [6, 6.07) is 10.3. The number of phenols is 1. The molecule has 0 atom stereocenters. The largest absolute Gasteiger partial charge is 0.502 e. The van der Waals surface area contributed by atoms with Crippen molar-refractivity contribution in [3.63, 3.8) is 0 Å². The summed E-state index contributed by atoms with van der Waals surface area (Å²) in [5.74, 6) is -1.33. The van der Waals surface area contributed by atoms with Crippen LogP contribution in [0.15, 0.2) is 42.0 Å². The Balaban J connectivity index is 2.36. The number of hydrogen-bond acceptors (Lipinski definition) is 5. The summed E-state index contributed by atoms with van der Waals surface area (Å²) in [7, 11) is 2.72. The van der Waals surface area contributed by atoms with E-state index >= 15 is 0 Å². The molecule has 0 aliphatic heterocycles. The number of benzene rings is 2. The number of methoxy groups -OCH3 is 2. The maximum absolute atomic E-state index is 13.6. The molecule has 7 heteroatoms. The minimum atomic E-state index is -0.765. The molecule has 6 nitrogen and oxygen atoms in total. The predicted molar refractivity (Wildman–Crippen MR) is 89.8 cm³/mol. The standard InChI is InChI=1S/C18H15FN2O4/c1-24-15-8-11(9-16(25-2)17(15)22)7-12(10-20)18(23)21-14-6-4-3-5-13(14)19/h3-9,22H,1-2H3,(H,21,23)/b12-7+. The van der Waals surface area contributed by atoms with Crippen molar-refractivity contribution in [3.05, 3.63) is 53.4 Å². The van der Waals surface area contributed by atoms with Gasteiger partial charge in [-0.3, -0.25) is 4.79 Å². The first-order valence-corrected chi connectivity index (χ1v) is 7.12. The van der Waals surface area contributed by atoms with Crippen molar-refractivity contribution in [1.29, 1.82) is 5.26 Å². The molecule has 0 unspecified atom stereocenters. The number of phenolic OH excluding ortho intramolecular Hbond substituents is 1. The Hall–Kier alpha value is -3.53. The lowest BCUT2D eigenvalue weighted by molar-refractivity contribution is -0.112. The van der Waals surface area contributed by atoms with Crippen molar-refractivity contribution in [2.24, 2.45) is 0 Å². The summed E-state index contributed by atoms with van der Waals surface area (Å²) in [5, 5.41) is 21.4. The average Bonchev–Trinajstić information content (AvgIpc) is 2.62. The topological polar surface area (TPSA) is 91.6 Å². The van der Waals surface area contributed by atoms with Gasteiger partial charge in [0.25, 0.3) is 5.91 Å². The highest BCUT2D eigenvalue weighted by Gasteiger charge is 2.14. The first-order chi connectivity index (χ1) is 12.0. The van der Waals surface area contributed by atoms with Crippen LogP contribution in [0.5, 0.6) is 17.2 Å². The van der Waals surface area contributed by atoms with E-state index in [2.05, 4.69) is 5.32 Å². The minimum absolute atomic E-state index is 0.0329. The summed E-state index contributed by atoms with van der Waals surface area (Å²) in [4.78, 5) is 12.2. The third-order valence-corrected chi connectivity index (χ3v) is 3.30. The Morgan fingerprint density at radius 2 is 1.84 bits per heavy atom. The zero-order valence-electron chi connectivity index (χ0n) is 13.5. The number of nitrogens with zero attached hydrogens (tertiary/aromatic N) is 1. The van der Waals surface area contributed by atoms with Crippen molar-refractivity contribution in [1.82, 2.24) is 0 Å². The van der Waals surface area contributed by atoms with Crippen LogP contribution in [0.4, 0.5) is 10.1 Å². The molecule has 0 spiro atoms. The molecule has 2 aromatic rings. The number of halogens is 1. The van der Waals surface area contributed by atoms with E-state index in [4.69, 9.17) is 9.47 Å². The van der Waals surface area contributed by atoms with Gasteiger partial charge in [0.1, 0.15) is 17.5 Å². The van der Waals surface area contributed by atoms with Crippen molar-refractivity contribution < 1.29 is 23.8 Å². The third-order valence-electron chi connectivity index (χ3n) is 3.30. The molecule has 2 aromatic carbocycles. The second kappa shape index (κ2) is 7.84. The van der Waals surface area contributed by atoms with Crippen molar-refractivity contribution >= 4 is 17.7 Å². The molecule has 2 N–H and O–H groups in total. The number of hydrogen-bond donors (Lipinski definition) is 2. The van der Waals surface area contributed by atoms with E-state index in [0.29, 0.717) is 5.56 Å². The second-order valence-electron chi connectivity index (χ2n) is 4.88. The number of anilines is 1. The van der Waals surface area contributed by atoms with Gasteiger partial charge in [-0.2, -0.15) is 5.26 Å². The number of carbonyl (C=O) groups is 1. The number of para-hydroxylation sites is 1. The molecule has 0 fully saturated rings. The summed E-state index contributed by atoms with van der Waals surface area (Å²) in [6.07, 6.45) is 1.28. The molecule has 0 aliphatic rings. The summed E-state index contributed by atoms with van der Waals surface area (Å²) >= 11 is 0. The fourth-order valence-corrected chi connectivity index (χ4v) is 2.06. The number of amides is 1. The van der Waals surface area contributed by atoms with Gasteiger partial charge >= 0.3 is 0 Å². The first-order valence-electron chi connectivity index (χ1n) is 7.12. The molecule has 0 aliphatic carbocycles. The van der Waals surface area contributed by atoms with E-state index in [1.165, 1.54) is 50.6 Å². The Morgan fingerprint density at radius 1 is 1.24 bits per heavy atom. The van der Waals surface area contributed by atoms with Crippen molar-refractivity contribution in [2.75, 3.05) is 19.5 Å². The van der Waals surface area contributed by atoms with E-state index in [0.717, 1.165) is 0 Å². The number of ether oxygens (including phenoxy) is 2. The lowest BCUT2D eigenvalue weighted by atomic mass is 10.1. The maximum Gasteiger partial charge on any atom is 0.266 e. The van der Waals surface area contributed by atoms with Crippen LogP contribution in [0.1, 0.15) is 5.56 Å². The van der Waals surface area contributed by atoms with E-state index in [-0.39, 0.29) is 28.5 Å². The number of nitriles is 1. The number of nitrogens with one attached hydrogen (secondary N) is 1. The van der Waals surface area contributed by atoms with Crippen molar-refractivity contribution in [3.8, 4) is 23.3 Å². The summed E-state index contributed by atoms with van der Waals surface area (Å²) in [6.45, 7) is 0. The van der Waals surface area contributed by atoms with Gasteiger partial charge in [-0.25, -0.2) is 4.39 Å². The molecule has 0 saturated carbocycles. The third kappa shape index (κ3) is 4.06. The quantitative estimate of drug-likeness (QED) is 0.643. The highest BCUT2D eigenvalue weighted by atomic mass is 19.1. The van der Waals surface area contributed by atoms with Gasteiger partial charge in [-0.05, 0) is 35.9 Å². The fraction of sp³-hybridized carbons (Fsp3) is 0.111. The molecule has 0 heterocycles. The molecular formula is C18H15FN2O4. The molecule has 0 bridgehead atoms. The Kier molecular flexibility index (Phi) is 5.58. The predicted octanol–water partition coefficient (Wildman–Crippen LogP) is 3.09. The van der Waals surface area contributed by atoms with Crippen molar-refractivity contribution in [2.45, 2.75) is 0 Å². The SMILES string of the molecule is COc1cc(/C=C(\C#N)C(=O)Nc2ccccc2F)cc(OC)c1O. The zero-order chi connectivity index (χ0) is 18.4. The summed E-state index contributed by atoms with van der Waals surface area (Å²) in [5.41, 5.74) is 0.110. The second-order valence-corrected chi connectivity index (χ2v) is 4.88. The van der Waals surface area contributed by atoms with Gasteiger partial charge in [-0.1, -0.05) is 12.1 Å². The summed E-state index contributed by atoms with van der Waals surface area (Å²) < 4.78 is 23.7. The first kappa shape index (κ1) is 17.8. The molecular weight excluding hydrogens is 327 g/mol. The van der Waals surface area contributed by atoms with Gasteiger partial charge in [0.2, 0.25) is 5.75 Å². The Morgan fingerprint density at radius 3 is 2.36 bits per heavy atom. The zero-order valence-corrected chi connectivity index (χ0v) is 13.5. The monoisotopic (exact) mass is 342 g/mol. The molecule has 0 radical (unpaired) electrons. The van der Waals surface area contributed by atoms with Crippen LogP contribution < -0.4 is 14.8 Å². The average molecular weight is 342 g/mol. The Bertz CT molecular complexity index is 847. The molecule has 128 valence electrons. The van der Waals surface area contributed by atoms with Gasteiger partial charge in [-0.15, -0.1) is 0 Å².